The molecule has 2 aromatic rings. The Morgan fingerprint density at radius 2 is 1.82 bits per heavy atom. The highest BCUT2D eigenvalue weighted by Gasteiger charge is 2.39. The molecule has 1 aliphatic heterocycles. The zero-order chi connectivity index (χ0) is 25.4. The van der Waals surface area contributed by atoms with Gasteiger partial charge in [0.2, 0.25) is 5.91 Å². The fraction of sp³-hybridized carbons (Fsp3) is 0.476. The van der Waals surface area contributed by atoms with Gasteiger partial charge in [-0.15, -0.1) is 0 Å². The maximum atomic E-state index is 14.1. The number of aromatic nitrogens is 2. The molecular weight excluding hydrogens is 578 g/mol. The van der Waals surface area contributed by atoms with Crippen LogP contribution >= 0.6 is 22.6 Å². The lowest BCUT2D eigenvalue weighted by Gasteiger charge is -2.30. The average Bonchev–Trinajstić information content (AvgIpc) is 3.11. The molecule has 0 saturated heterocycles. The number of benzene rings is 1. The molecule has 34 heavy (non-hydrogen) atoms. The Morgan fingerprint density at radius 1 is 1.18 bits per heavy atom. The largest absolute Gasteiger partial charge is 0.458 e. The lowest BCUT2D eigenvalue weighted by atomic mass is 10.0. The Balaban J connectivity index is 1.77. The Labute approximate surface area is 205 Å². The van der Waals surface area contributed by atoms with Crippen LogP contribution in [0.5, 0.6) is 0 Å². The van der Waals surface area contributed by atoms with Crippen molar-refractivity contribution in [1.29, 1.82) is 0 Å². The second-order valence-electron chi connectivity index (χ2n) is 8.18. The lowest BCUT2D eigenvalue weighted by molar-refractivity contribution is -0.133. The number of halogens is 6. The van der Waals surface area contributed by atoms with E-state index in [1.807, 2.05) is 0 Å². The monoisotopic (exact) mass is 600 g/mol. The van der Waals surface area contributed by atoms with Gasteiger partial charge in [0.25, 0.3) is 0 Å². The van der Waals surface area contributed by atoms with Crippen LogP contribution in [0.4, 0.5) is 22.0 Å². The van der Waals surface area contributed by atoms with Crippen molar-refractivity contribution in [3.8, 4) is 0 Å². The molecule has 1 unspecified atom stereocenters. The van der Waals surface area contributed by atoms with Gasteiger partial charge in [-0.3, -0.25) is 4.79 Å². The van der Waals surface area contributed by atoms with Gasteiger partial charge >= 0.3 is 9.90 Å². The predicted molar refractivity (Wildman–Crippen MR) is 119 cm³/mol. The number of hydrogen-bond acceptors (Lipinski definition) is 5. The van der Waals surface area contributed by atoms with Gasteiger partial charge in [-0.05, 0) is 31.9 Å². The van der Waals surface area contributed by atoms with Gasteiger partial charge in [0.15, 0.2) is 23.2 Å². The van der Waals surface area contributed by atoms with E-state index in [2.05, 4.69) is 4.98 Å². The SMILES string of the molecule is CC(C)OC(=O)c1nc(C(F)(F)I)n2c1CN(C(=O)CC(N)Cc1cc(F)c(F)cc1F)CC2. The first-order chi connectivity index (χ1) is 15.8. The Kier molecular flexibility index (Phi) is 7.85. The molecule has 7 nitrogen and oxygen atoms in total. The van der Waals surface area contributed by atoms with E-state index in [4.69, 9.17) is 10.5 Å². The van der Waals surface area contributed by atoms with Gasteiger partial charge in [-0.25, -0.2) is 22.9 Å². The molecule has 0 spiro atoms. The highest BCUT2D eigenvalue weighted by Crippen LogP contribution is 2.37. The molecular formula is C21H22F5IN4O3. The number of alkyl halides is 3. The summed E-state index contributed by atoms with van der Waals surface area (Å²) in [5.41, 5.74) is 5.57. The molecule has 0 saturated carbocycles. The van der Waals surface area contributed by atoms with Gasteiger partial charge in [0.1, 0.15) is 5.82 Å². The van der Waals surface area contributed by atoms with Crippen LogP contribution in [0.3, 0.4) is 0 Å². The van der Waals surface area contributed by atoms with E-state index >= 15 is 0 Å². The Bertz CT molecular complexity index is 1100. The van der Waals surface area contributed by atoms with E-state index in [1.165, 1.54) is 9.47 Å². The van der Waals surface area contributed by atoms with Crippen molar-refractivity contribution in [2.75, 3.05) is 6.54 Å². The first-order valence-corrected chi connectivity index (χ1v) is 11.4. The highest BCUT2D eigenvalue weighted by molar-refractivity contribution is 14.1. The van der Waals surface area contributed by atoms with Crippen molar-refractivity contribution < 1.29 is 36.3 Å². The molecule has 1 aliphatic rings. The number of esters is 1. The van der Waals surface area contributed by atoms with Crippen LogP contribution < -0.4 is 5.73 Å². The third kappa shape index (κ3) is 5.85. The van der Waals surface area contributed by atoms with E-state index in [9.17, 15) is 31.5 Å². The fourth-order valence-corrected chi connectivity index (χ4v) is 4.07. The molecule has 3 rings (SSSR count). The van der Waals surface area contributed by atoms with Crippen molar-refractivity contribution in [3.63, 3.8) is 0 Å². The topological polar surface area (TPSA) is 90.5 Å². The Hall–Kier alpha value is -2.29. The molecule has 1 atom stereocenters. The molecule has 2 N–H and O–H groups in total. The molecule has 13 heteroatoms. The summed E-state index contributed by atoms with van der Waals surface area (Å²) in [5, 5.41) is 0. The van der Waals surface area contributed by atoms with Crippen molar-refractivity contribution >= 4 is 34.5 Å². The molecule has 1 aromatic carbocycles. The van der Waals surface area contributed by atoms with Crippen molar-refractivity contribution in [2.24, 2.45) is 5.73 Å². The highest BCUT2D eigenvalue weighted by atomic mass is 127. The minimum Gasteiger partial charge on any atom is -0.458 e. The van der Waals surface area contributed by atoms with Crippen LogP contribution in [-0.2, 0) is 33.0 Å². The van der Waals surface area contributed by atoms with Crippen LogP contribution in [0.1, 0.15) is 47.8 Å². The van der Waals surface area contributed by atoms with E-state index < -0.39 is 51.2 Å². The third-order valence-electron chi connectivity index (χ3n) is 5.16. The minimum atomic E-state index is -3.36. The van der Waals surface area contributed by atoms with Crippen molar-refractivity contribution in [1.82, 2.24) is 14.5 Å². The van der Waals surface area contributed by atoms with Crippen LogP contribution in [0, 0.1) is 17.5 Å². The number of ether oxygens (including phenoxy) is 1. The number of hydrogen-bond donors (Lipinski definition) is 1. The van der Waals surface area contributed by atoms with Gasteiger partial charge in [-0.2, -0.15) is 8.78 Å². The van der Waals surface area contributed by atoms with Crippen LogP contribution in [0.15, 0.2) is 12.1 Å². The van der Waals surface area contributed by atoms with E-state index in [1.54, 1.807) is 13.8 Å². The summed E-state index contributed by atoms with van der Waals surface area (Å²) in [7, 11) is 0. The summed E-state index contributed by atoms with van der Waals surface area (Å²) in [6.45, 7) is 3.02. The zero-order valence-corrected chi connectivity index (χ0v) is 20.4. The number of nitrogens with two attached hydrogens (primary N) is 1. The van der Waals surface area contributed by atoms with Crippen LogP contribution in [-0.4, -0.2) is 45.0 Å². The average molecular weight is 600 g/mol. The summed E-state index contributed by atoms with van der Waals surface area (Å²) in [6.07, 6.45) is -1.00. The molecule has 0 fully saturated rings. The number of amides is 1. The predicted octanol–water partition coefficient (Wildman–Crippen LogP) is 3.65. The smallest absolute Gasteiger partial charge is 0.359 e. The quantitative estimate of drug-likeness (QED) is 0.172. The zero-order valence-electron chi connectivity index (χ0n) is 18.3. The van der Waals surface area contributed by atoms with E-state index in [0.717, 1.165) is 22.6 Å². The van der Waals surface area contributed by atoms with Gasteiger partial charge in [0, 0.05) is 54.2 Å². The first kappa shape index (κ1) is 26.3. The van der Waals surface area contributed by atoms with Gasteiger partial charge < -0.3 is 19.9 Å². The number of carbonyl (C=O) groups excluding carboxylic acids is 2. The molecule has 0 radical (unpaired) electrons. The van der Waals surface area contributed by atoms with Crippen LogP contribution in [0.2, 0.25) is 0 Å². The number of rotatable bonds is 7. The maximum Gasteiger partial charge on any atom is 0.359 e. The van der Waals surface area contributed by atoms with Crippen LogP contribution in [0.25, 0.3) is 0 Å². The Morgan fingerprint density at radius 3 is 2.44 bits per heavy atom. The number of imidazole rings is 1. The molecule has 1 aromatic heterocycles. The number of nitrogens with zero attached hydrogens (tertiary/aromatic N) is 3. The third-order valence-corrected chi connectivity index (χ3v) is 5.64. The second-order valence-corrected chi connectivity index (χ2v) is 9.53. The van der Waals surface area contributed by atoms with Crippen molar-refractivity contribution in [3.05, 3.63) is 52.4 Å². The summed E-state index contributed by atoms with van der Waals surface area (Å²) in [5.74, 6) is -5.53. The van der Waals surface area contributed by atoms with E-state index in [-0.39, 0.29) is 49.4 Å². The van der Waals surface area contributed by atoms with Gasteiger partial charge in [-0.1, -0.05) is 0 Å². The lowest BCUT2D eigenvalue weighted by Crippen LogP contribution is -2.42. The fourth-order valence-electron chi connectivity index (χ4n) is 3.66. The number of carbonyl (C=O) groups is 2. The van der Waals surface area contributed by atoms with E-state index in [0.29, 0.717) is 12.1 Å². The minimum absolute atomic E-state index is 0.0377. The normalized spacial score (nSPS) is 14.8. The molecule has 186 valence electrons. The van der Waals surface area contributed by atoms with Gasteiger partial charge in [0.05, 0.1) is 18.3 Å². The summed E-state index contributed by atoms with van der Waals surface area (Å²) in [4.78, 5) is 30.4. The summed E-state index contributed by atoms with van der Waals surface area (Å²) < 4.78 is 71.5. The molecule has 1 amide bonds. The summed E-state index contributed by atoms with van der Waals surface area (Å²) in [6, 6.07) is 0.175. The number of fused-ring (bicyclic) bond motifs is 1. The molecule has 2 heterocycles. The molecule has 0 bridgehead atoms. The van der Waals surface area contributed by atoms with Crippen molar-refractivity contribution in [2.45, 2.75) is 55.9 Å². The maximum absolute atomic E-state index is 14.1. The second kappa shape index (κ2) is 10.1. The molecule has 0 aliphatic carbocycles. The standard InChI is InChI=1S/C21H22F5IN4O3/c1-10(2)34-19(33)18-16-9-30(3-4-31(16)20(29-18)21(25,26)27)17(32)7-12(28)5-11-6-14(23)15(24)8-13(11)22/h6,8,10,12H,3-5,7,9,28H2,1-2H3. The summed E-state index contributed by atoms with van der Waals surface area (Å²) >= 11 is 0.916. The first-order valence-electron chi connectivity index (χ1n) is 10.3.